The maximum Gasteiger partial charge on any atom is 0.153 e. The Morgan fingerprint density at radius 2 is 2.33 bits per heavy atom. The lowest BCUT2D eigenvalue weighted by atomic mass is 10.1. The van der Waals surface area contributed by atoms with Gasteiger partial charge in [0.2, 0.25) is 0 Å². The number of phenols is 1. The molecular weight excluding hydrogens is 190 g/mol. The molecule has 0 aliphatic rings. The second kappa shape index (κ2) is 5.84. The van der Waals surface area contributed by atoms with Crippen LogP contribution in [0.15, 0.2) is 18.2 Å². The summed E-state index contributed by atoms with van der Waals surface area (Å²) in [6.45, 7) is 0.807. The van der Waals surface area contributed by atoms with Gasteiger partial charge in [0.1, 0.15) is 5.75 Å². The van der Waals surface area contributed by atoms with Crippen LogP contribution in [0.25, 0.3) is 0 Å². The summed E-state index contributed by atoms with van der Waals surface area (Å²) in [7, 11) is 1.85. The number of rotatable bonds is 3. The summed E-state index contributed by atoms with van der Waals surface area (Å²) in [4.78, 5) is 10.5. The van der Waals surface area contributed by atoms with Gasteiger partial charge in [-0.1, -0.05) is 17.9 Å². The maximum absolute atomic E-state index is 10.5. The molecule has 0 radical (unpaired) electrons. The number of benzene rings is 1. The molecule has 1 aromatic rings. The quantitative estimate of drug-likeness (QED) is 0.440. The zero-order chi connectivity index (χ0) is 11.1. The van der Waals surface area contributed by atoms with Crippen LogP contribution >= 0.6 is 0 Å². The van der Waals surface area contributed by atoms with Gasteiger partial charge in [0.15, 0.2) is 6.29 Å². The molecule has 0 spiro atoms. The van der Waals surface area contributed by atoms with E-state index in [4.69, 9.17) is 0 Å². The molecule has 3 nitrogen and oxygen atoms in total. The Morgan fingerprint density at radius 3 is 3.00 bits per heavy atom. The minimum Gasteiger partial charge on any atom is -0.506 e. The molecule has 0 aromatic heterocycles. The van der Waals surface area contributed by atoms with E-state index in [2.05, 4.69) is 17.2 Å². The number of hydrogen-bond donors (Lipinski definition) is 2. The highest BCUT2D eigenvalue weighted by Crippen LogP contribution is 2.19. The average Bonchev–Trinajstić information content (AvgIpc) is 2.26. The average molecular weight is 203 g/mol. The Kier molecular flexibility index (Phi) is 4.39. The summed E-state index contributed by atoms with van der Waals surface area (Å²) in [6, 6.07) is 4.95. The molecule has 0 unspecified atom stereocenters. The van der Waals surface area contributed by atoms with Crippen LogP contribution in [0.5, 0.6) is 5.75 Å². The number of para-hydroxylation sites is 1. The van der Waals surface area contributed by atoms with Crippen molar-refractivity contribution in [2.45, 2.75) is 6.42 Å². The van der Waals surface area contributed by atoms with E-state index >= 15 is 0 Å². The summed E-state index contributed by atoms with van der Waals surface area (Å²) in [5.74, 6) is 5.69. The van der Waals surface area contributed by atoms with E-state index in [0.29, 0.717) is 18.3 Å². The van der Waals surface area contributed by atoms with Crippen LogP contribution in [0.2, 0.25) is 0 Å². The molecule has 0 bridgehead atoms. The van der Waals surface area contributed by atoms with Crippen LogP contribution < -0.4 is 5.32 Å². The Morgan fingerprint density at radius 1 is 1.53 bits per heavy atom. The summed E-state index contributed by atoms with van der Waals surface area (Å²) >= 11 is 0. The lowest BCUT2D eigenvalue weighted by Gasteiger charge is -1.98. The molecule has 15 heavy (non-hydrogen) atoms. The van der Waals surface area contributed by atoms with Gasteiger partial charge in [-0.05, 0) is 19.2 Å². The molecular formula is C12H13NO2. The van der Waals surface area contributed by atoms with Gasteiger partial charge in [-0.15, -0.1) is 0 Å². The van der Waals surface area contributed by atoms with Crippen LogP contribution in [-0.4, -0.2) is 25.0 Å². The number of hydrogen-bond acceptors (Lipinski definition) is 3. The van der Waals surface area contributed by atoms with E-state index in [1.165, 1.54) is 0 Å². The molecule has 0 aliphatic heterocycles. The van der Waals surface area contributed by atoms with E-state index in [0.717, 1.165) is 6.54 Å². The van der Waals surface area contributed by atoms with Crippen molar-refractivity contribution in [2.24, 2.45) is 0 Å². The lowest BCUT2D eigenvalue weighted by molar-refractivity contribution is 0.112. The van der Waals surface area contributed by atoms with E-state index in [1.807, 2.05) is 7.05 Å². The monoisotopic (exact) mass is 203 g/mol. The smallest absolute Gasteiger partial charge is 0.153 e. The lowest BCUT2D eigenvalue weighted by Crippen LogP contribution is -2.05. The normalized spacial score (nSPS) is 9.13. The molecule has 0 fully saturated rings. The van der Waals surface area contributed by atoms with E-state index in [-0.39, 0.29) is 11.3 Å². The predicted molar refractivity (Wildman–Crippen MR) is 58.9 cm³/mol. The zero-order valence-electron chi connectivity index (χ0n) is 8.58. The highest BCUT2D eigenvalue weighted by Gasteiger charge is 2.02. The largest absolute Gasteiger partial charge is 0.506 e. The standard InChI is InChI=1S/C12H13NO2/c1-13-8-3-2-5-10-6-4-7-11(9-14)12(10)15/h4,6-7,9,13,15H,3,8H2,1H3. The van der Waals surface area contributed by atoms with Crippen molar-refractivity contribution in [3.05, 3.63) is 29.3 Å². The predicted octanol–water partition coefficient (Wildman–Crippen LogP) is 1.17. The maximum atomic E-state index is 10.5. The van der Waals surface area contributed by atoms with E-state index in [9.17, 15) is 9.90 Å². The van der Waals surface area contributed by atoms with Gasteiger partial charge in [0.25, 0.3) is 0 Å². The minimum absolute atomic E-state index is 0.0375. The highest BCUT2D eigenvalue weighted by atomic mass is 16.3. The summed E-state index contributed by atoms with van der Waals surface area (Å²) < 4.78 is 0. The van der Waals surface area contributed by atoms with Crippen molar-refractivity contribution < 1.29 is 9.90 Å². The SMILES string of the molecule is CNCCC#Cc1cccc(C=O)c1O. The molecule has 3 heteroatoms. The van der Waals surface area contributed by atoms with Gasteiger partial charge in [0.05, 0.1) is 11.1 Å². The molecule has 1 rings (SSSR count). The Labute approximate surface area is 89.1 Å². The molecule has 0 amide bonds. The molecule has 0 aliphatic carbocycles. The van der Waals surface area contributed by atoms with E-state index in [1.54, 1.807) is 18.2 Å². The van der Waals surface area contributed by atoms with Gasteiger partial charge >= 0.3 is 0 Å². The van der Waals surface area contributed by atoms with Crippen molar-refractivity contribution in [3.8, 4) is 17.6 Å². The van der Waals surface area contributed by atoms with Crippen molar-refractivity contribution in [1.82, 2.24) is 5.32 Å². The van der Waals surface area contributed by atoms with Crippen LogP contribution in [0, 0.1) is 11.8 Å². The second-order valence-electron chi connectivity index (χ2n) is 3.02. The first-order valence-corrected chi connectivity index (χ1v) is 4.70. The number of phenolic OH excluding ortho intramolecular Hbond substituents is 1. The number of carbonyl (C=O) groups is 1. The summed E-state index contributed by atoms with van der Waals surface area (Å²) in [5.41, 5.74) is 0.770. The molecule has 0 saturated carbocycles. The third-order valence-corrected chi connectivity index (χ3v) is 1.92. The number of nitrogens with one attached hydrogen (secondary N) is 1. The Bertz CT molecular complexity index is 402. The Hall–Kier alpha value is -1.79. The number of aldehydes is 1. The topological polar surface area (TPSA) is 49.3 Å². The molecule has 1 aromatic carbocycles. The molecule has 0 heterocycles. The first-order chi connectivity index (χ1) is 7.29. The van der Waals surface area contributed by atoms with Crippen molar-refractivity contribution >= 4 is 6.29 Å². The molecule has 0 saturated heterocycles. The first kappa shape index (κ1) is 11.3. The fourth-order valence-electron chi connectivity index (χ4n) is 1.10. The molecule has 2 N–H and O–H groups in total. The fourth-order valence-corrected chi connectivity index (χ4v) is 1.10. The van der Waals surface area contributed by atoms with E-state index < -0.39 is 0 Å². The number of aromatic hydroxyl groups is 1. The molecule has 78 valence electrons. The fraction of sp³-hybridized carbons (Fsp3) is 0.250. The minimum atomic E-state index is -0.0375. The van der Waals surface area contributed by atoms with Gasteiger partial charge in [-0.3, -0.25) is 4.79 Å². The van der Waals surface area contributed by atoms with Crippen LogP contribution in [0.4, 0.5) is 0 Å². The zero-order valence-corrected chi connectivity index (χ0v) is 8.58. The first-order valence-electron chi connectivity index (χ1n) is 4.70. The summed E-state index contributed by atoms with van der Waals surface area (Å²) in [6.07, 6.45) is 1.33. The van der Waals surface area contributed by atoms with Gasteiger partial charge in [-0.2, -0.15) is 0 Å². The summed E-state index contributed by atoms with van der Waals surface area (Å²) in [5, 5.41) is 12.6. The van der Waals surface area contributed by atoms with Gasteiger partial charge in [-0.25, -0.2) is 0 Å². The van der Waals surface area contributed by atoms with Crippen molar-refractivity contribution in [3.63, 3.8) is 0 Å². The van der Waals surface area contributed by atoms with Crippen LogP contribution in [0.3, 0.4) is 0 Å². The van der Waals surface area contributed by atoms with Crippen molar-refractivity contribution in [2.75, 3.05) is 13.6 Å². The third kappa shape index (κ3) is 3.12. The highest BCUT2D eigenvalue weighted by molar-refractivity contribution is 5.80. The van der Waals surface area contributed by atoms with Gasteiger partial charge in [0, 0.05) is 13.0 Å². The van der Waals surface area contributed by atoms with Crippen LogP contribution in [-0.2, 0) is 0 Å². The van der Waals surface area contributed by atoms with Gasteiger partial charge < -0.3 is 10.4 Å². The number of carbonyl (C=O) groups excluding carboxylic acids is 1. The molecule has 0 atom stereocenters. The second-order valence-corrected chi connectivity index (χ2v) is 3.02. The third-order valence-electron chi connectivity index (χ3n) is 1.92. The van der Waals surface area contributed by atoms with Crippen LogP contribution in [0.1, 0.15) is 22.3 Å². The van der Waals surface area contributed by atoms with Crippen molar-refractivity contribution in [1.29, 1.82) is 0 Å². The Balaban J connectivity index is 2.84.